The van der Waals surface area contributed by atoms with Crippen molar-refractivity contribution in [1.82, 2.24) is 25.3 Å². The molecule has 0 fully saturated rings. The quantitative estimate of drug-likeness (QED) is 0.712. The number of H-pyrrole nitrogens is 1. The zero-order chi connectivity index (χ0) is 20.4. The largest absolute Gasteiger partial charge is 0.345 e. The fraction of sp³-hybridized carbons (Fsp3) is 0.333. The first-order chi connectivity index (χ1) is 13.3. The molecular formula is C21H25N5O2. The van der Waals surface area contributed by atoms with E-state index in [0.29, 0.717) is 11.1 Å². The van der Waals surface area contributed by atoms with Crippen LogP contribution in [-0.2, 0) is 6.54 Å². The predicted octanol–water partition coefficient (Wildman–Crippen LogP) is 3.07. The normalized spacial score (nSPS) is 12.0. The molecule has 3 aromatic rings. The Kier molecular flexibility index (Phi) is 5.44. The molecule has 0 aliphatic heterocycles. The van der Waals surface area contributed by atoms with Gasteiger partial charge in [-0.25, -0.2) is 5.10 Å². The van der Waals surface area contributed by atoms with Crippen molar-refractivity contribution in [3.63, 3.8) is 0 Å². The van der Waals surface area contributed by atoms with E-state index in [1.165, 1.54) is 0 Å². The van der Waals surface area contributed by atoms with E-state index in [-0.39, 0.29) is 17.5 Å². The Bertz CT molecular complexity index is 1060. The van der Waals surface area contributed by atoms with Gasteiger partial charge in [-0.3, -0.25) is 14.3 Å². The maximum atomic E-state index is 12.7. The van der Waals surface area contributed by atoms with Crippen LogP contribution in [0.15, 0.2) is 35.1 Å². The van der Waals surface area contributed by atoms with E-state index in [9.17, 15) is 9.59 Å². The highest BCUT2D eigenvalue weighted by Crippen LogP contribution is 2.22. The summed E-state index contributed by atoms with van der Waals surface area (Å²) in [5, 5.41) is 13.9. The second-order valence-corrected chi connectivity index (χ2v) is 6.92. The number of aromatic nitrogens is 4. The molecule has 0 aliphatic rings. The second-order valence-electron chi connectivity index (χ2n) is 6.92. The third-order valence-electron chi connectivity index (χ3n) is 4.91. The first kappa shape index (κ1) is 19.5. The molecule has 0 radical (unpaired) electrons. The fourth-order valence-electron chi connectivity index (χ4n) is 3.52. The van der Waals surface area contributed by atoms with Gasteiger partial charge in [0.1, 0.15) is 0 Å². The molecule has 2 heterocycles. The SMILES string of the molecule is CCn1nc(C)c([C@H](C)NC(=O)c2ccc(-c3cc(C)n[nH]c3=O)cc2)c1C. The summed E-state index contributed by atoms with van der Waals surface area (Å²) in [6.45, 7) is 10.6. The second kappa shape index (κ2) is 7.80. The van der Waals surface area contributed by atoms with Crippen LogP contribution in [0.2, 0.25) is 0 Å². The highest BCUT2D eigenvalue weighted by atomic mass is 16.1. The number of carbonyl (C=O) groups excluding carboxylic acids is 1. The van der Waals surface area contributed by atoms with Gasteiger partial charge in [0.25, 0.3) is 11.5 Å². The van der Waals surface area contributed by atoms with Crippen LogP contribution in [0.25, 0.3) is 11.1 Å². The molecule has 0 saturated heterocycles. The van der Waals surface area contributed by atoms with Gasteiger partial charge in [-0.1, -0.05) is 12.1 Å². The number of amides is 1. The Morgan fingerprint density at radius 3 is 2.50 bits per heavy atom. The summed E-state index contributed by atoms with van der Waals surface area (Å²) < 4.78 is 1.94. The maximum absolute atomic E-state index is 12.7. The lowest BCUT2D eigenvalue weighted by Crippen LogP contribution is -2.27. The number of aryl methyl sites for hydroxylation is 3. The van der Waals surface area contributed by atoms with Crippen molar-refractivity contribution in [3.8, 4) is 11.1 Å². The minimum Gasteiger partial charge on any atom is -0.345 e. The van der Waals surface area contributed by atoms with Gasteiger partial charge in [-0.15, -0.1) is 0 Å². The van der Waals surface area contributed by atoms with Crippen molar-refractivity contribution in [2.45, 2.75) is 47.2 Å². The zero-order valence-corrected chi connectivity index (χ0v) is 16.8. The molecule has 2 N–H and O–H groups in total. The molecule has 3 rings (SSSR count). The van der Waals surface area contributed by atoms with E-state index in [4.69, 9.17) is 0 Å². The molecule has 7 nitrogen and oxygen atoms in total. The number of rotatable bonds is 5. The lowest BCUT2D eigenvalue weighted by atomic mass is 10.0. The minimum atomic E-state index is -0.254. The average Bonchev–Trinajstić information content (AvgIpc) is 2.97. The van der Waals surface area contributed by atoms with E-state index < -0.39 is 0 Å². The van der Waals surface area contributed by atoms with Crippen molar-refractivity contribution in [2.75, 3.05) is 0 Å². The highest BCUT2D eigenvalue weighted by molar-refractivity contribution is 5.95. The third-order valence-corrected chi connectivity index (χ3v) is 4.91. The Hall–Kier alpha value is -3.22. The molecule has 0 bridgehead atoms. The number of nitrogens with zero attached hydrogens (tertiary/aromatic N) is 3. The molecule has 0 spiro atoms. The molecule has 28 heavy (non-hydrogen) atoms. The zero-order valence-electron chi connectivity index (χ0n) is 16.8. The van der Waals surface area contributed by atoms with Crippen LogP contribution in [0, 0.1) is 20.8 Å². The summed E-state index contributed by atoms with van der Waals surface area (Å²) in [4.78, 5) is 24.7. The van der Waals surface area contributed by atoms with Crippen LogP contribution in [-0.4, -0.2) is 25.9 Å². The molecule has 2 aromatic heterocycles. The van der Waals surface area contributed by atoms with Crippen molar-refractivity contribution in [2.24, 2.45) is 0 Å². The smallest absolute Gasteiger partial charge is 0.272 e. The van der Waals surface area contributed by atoms with Crippen LogP contribution in [0.4, 0.5) is 0 Å². The fourth-order valence-corrected chi connectivity index (χ4v) is 3.52. The average molecular weight is 379 g/mol. The Balaban J connectivity index is 1.79. The van der Waals surface area contributed by atoms with Crippen LogP contribution >= 0.6 is 0 Å². The third kappa shape index (κ3) is 3.74. The molecular weight excluding hydrogens is 354 g/mol. The summed E-state index contributed by atoms with van der Waals surface area (Å²) in [7, 11) is 0. The predicted molar refractivity (Wildman–Crippen MR) is 108 cm³/mol. The number of hydrogen-bond acceptors (Lipinski definition) is 4. The Morgan fingerprint density at radius 1 is 1.21 bits per heavy atom. The van der Waals surface area contributed by atoms with E-state index in [1.807, 2.05) is 39.3 Å². The molecule has 0 unspecified atom stereocenters. The Morgan fingerprint density at radius 2 is 1.89 bits per heavy atom. The molecule has 1 aromatic carbocycles. The first-order valence-electron chi connectivity index (χ1n) is 9.33. The molecule has 1 atom stereocenters. The first-order valence-corrected chi connectivity index (χ1v) is 9.33. The maximum Gasteiger partial charge on any atom is 0.272 e. The van der Waals surface area contributed by atoms with Gasteiger partial charge in [0.15, 0.2) is 0 Å². The lowest BCUT2D eigenvalue weighted by molar-refractivity contribution is 0.0940. The van der Waals surface area contributed by atoms with Gasteiger partial charge >= 0.3 is 0 Å². The molecule has 0 saturated carbocycles. The summed E-state index contributed by atoms with van der Waals surface area (Å²) in [6, 6.07) is 8.57. The van der Waals surface area contributed by atoms with Crippen molar-refractivity contribution in [1.29, 1.82) is 0 Å². The molecule has 7 heteroatoms. The topological polar surface area (TPSA) is 92.7 Å². The number of aromatic amines is 1. The van der Waals surface area contributed by atoms with Crippen LogP contribution in [0.3, 0.4) is 0 Å². The van der Waals surface area contributed by atoms with E-state index in [1.54, 1.807) is 30.3 Å². The van der Waals surface area contributed by atoms with E-state index >= 15 is 0 Å². The lowest BCUT2D eigenvalue weighted by Gasteiger charge is -2.15. The van der Waals surface area contributed by atoms with Gasteiger partial charge in [0.2, 0.25) is 0 Å². The van der Waals surface area contributed by atoms with Crippen LogP contribution < -0.4 is 10.9 Å². The van der Waals surface area contributed by atoms with Gasteiger partial charge in [-0.2, -0.15) is 10.2 Å². The van der Waals surface area contributed by atoms with Gasteiger partial charge in [0, 0.05) is 23.4 Å². The summed E-state index contributed by atoms with van der Waals surface area (Å²) in [5.41, 5.74) is 5.32. The van der Waals surface area contributed by atoms with Crippen LogP contribution in [0.5, 0.6) is 0 Å². The number of nitrogens with one attached hydrogen (secondary N) is 2. The standard InChI is InChI=1S/C21H25N5O2/c1-6-26-15(5)19(14(4)25-26)13(3)22-20(27)17-9-7-16(8-10-17)18-11-12(2)23-24-21(18)28/h7-11,13H,6H2,1-5H3,(H,22,27)(H,24,28)/t13-/m0/s1. The molecule has 0 aliphatic carbocycles. The van der Waals surface area contributed by atoms with Crippen molar-refractivity contribution >= 4 is 5.91 Å². The van der Waals surface area contributed by atoms with Crippen molar-refractivity contribution < 1.29 is 4.79 Å². The molecule has 146 valence electrons. The highest BCUT2D eigenvalue weighted by Gasteiger charge is 2.19. The van der Waals surface area contributed by atoms with Crippen LogP contribution in [0.1, 0.15) is 52.9 Å². The van der Waals surface area contributed by atoms with Gasteiger partial charge < -0.3 is 5.32 Å². The summed E-state index contributed by atoms with van der Waals surface area (Å²) >= 11 is 0. The minimum absolute atomic E-state index is 0.154. The number of benzene rings is 1. The number of hydrogen-bond donors (Lipinski definition) is 2. The van der Waals surface area contributed by atoms with Crippen molar-refractivity contribution in [3.05, 3.63) is 68.9 Å². The van der Waals surface area contributed by atoms with E-state index in [2.05, 4.69) is 20.6 Å². The van der Waals surface area contributed by atoms with Gasteiger partial charge in [-0.05, 0) is 58.4 Å². The number of carbonyl (C=O) groups is 1. The molecule has 1 amide bonds. The summed E-state index contributed by atoms with van der Waals surface area (Å²) in [5.74, 6) is -0.165. The van der Waals surface area contributed by atoms with Gasteiger partial charge in [0.05, 0.1) is 23.0 Å². The Labute approximate surface area is 163 Å². The van der Waals surface area contributed by atoms with E-state index in [0.717, 1.165) is 34.8 Å². The monoisotopic (exact) mass is 379 g/mol. The summed E-state index contributed by atoms with van der Waals surface area (Å²) in [6.07, 6.45) is 0.